The summed E-state index contributed by atoms with van der Waals surface area (Å²) in [5.41, 5.74) is 7.17. The van der Waals surface area contributed by atoms with E-state index < -0.39 is 6.10 Å². The van der Waals surface area contributed by atoms with E-state index in [0.717, 1.165) is 22.2 Å². The van der Waals surface area contributed by atoms with Gasteiger partial charge in [-0.25, -0.2) is 4.98 Å². The van der Waals surface area contributed by atoms with Crippen molar-refractivity contribution in [3.05, 3.63) is 66.4 Å². The van der Waals surface area contributed by atoms with Crippen LogP contribution in [0.25, 0.3) is 10.8 Å². The Morgan fingerprint density at radius 1 is 1.05 bits per heavy atom. The van der Waals surface area contributed by atoms with Gasteiger partial charge in [-0.3, -0.25) is 0 Å². The summed E-state index contributed by atoms with van der Waals surface area (Å²) >= 11 is 0. The number of aliphatic hydroxyl groups is 1. The Labute approximate surface area is 123 Å². The maximum absolute atomic E-state index is 10.2. The second-order valence-electron chi connectivity index (χ2n) is 4.94. The van der Waals surface area contributed by atoms with Gasteiger partial charge in [-0.1, -0.05) is 36.4 Å². The lowest BCUT2D eigenvalue weighted by Crippen LogP contribution is -2.13. The quantitative estimate of drug-likeness (QED) is 0.642. The van der Waals surface area contributed by atoms with Crippen molar-refractivity contribution < 1.29 is 5.11 Å². The minimum atomic E-state index is -0.605. The molecule has 106 valence electrons. The zero-order chi connectivity index (χ0) is 14.7. The molecule has 1 aromatic heterocycles. The van der Waals surface area contributed by atoms with Gasteiger partial charge in [-0.05, 0) is 29.1 Å². The van der Waals surface area contributed by atoms with Crippen LogP contribution in [0, 0.1) is 0 Å². The van der Waals surface area contributed by atoms with Gasteiger partial charge in [0, 0.05) is 23.8 Å². The van der Waals surface area contributed by atoms with Crippen LogP contribution >= 0.6 is 0 Å². The lowest BCUT2D eigenvalue weighted by atomic mass is 10.1. The standard InChI is InChI=1S/C17H17N3O/c18-14-7-5-13(6-8-14)16(21)11-20-17-15-4-2-1-3-12(15)9-10-19-17/h1-10,16,21H,11,18H2,(H,19,20). The summed E-state index contributed by atoms with van der Waals surface area (Å²) < 4.78 is 0. The number of benzene rings is 2. The molecule has 1 heterocycles. The number of aromatic nitrogens is 1. The smallest absolute Gasteiger partial charge is 0.133 e. The van der Waals surface area contributed by atoms with Crippen molar-refractivity contribution in [3.8, 4) is 0 Å². The molecule has 3 rings (SSSR count). The molecule has 1 unspecified atom stereocenters. The number of rotatable bonds is 4. The third-order valence-corrected chi connectivity index (χ3v) is 3.46. The van der Waals surface area contributed by atoms with Crippen molar-refractivity contribution in [1.82, 2.24) is 4.98 Å². The van der Waals surface area contributed by atoms with Gasteiger partial charge in [0.15, 0.2) is 0 Å². The summed E-state index contributed by atoms with van der Waals surface area (Å²) in [5.74, 6) is 0.780. The Morgan fingerprint density at radius 3 is 2.62 bits per heavy atom. The van der Waals surface area contributed by atoms with E-state index in [0.29, 0.717) is 12.2 Å². The van der Waals surface area contributed by atoms with Gasteiger partial charge < -0.3 is 16.2 Å². The zero-order valence-electron chi connectivity index (χ0n) is 11.5. The summed E-state index contributed by atoms with van der Waals surface area (Å²) in [6, 6.07) is 17.2. The first-order chi connectivity index (χ1) is 10.2. The molecule has 0 saturated heterocycles. The molecule has 0 spiro atoms. The number of hydrogen-bond donors (Lipinski definition) is 3. The van der Waals surface area contributed by atoms with Gasteiger partial charge in [-0.15, -0.1) is 0 Å². The topological polar surface area (TPSA) is 71.2 Å². The van der Waals surface area contributed by atoms with E-state index in [1.54, 1.807) is 18.3 Å². The van der Waals surface area contributed by atoms with Crippen molar-refractivity contribution in [2.24, 2.45) is 0 Å². The van der Waals surface area contributed by atoms with Crippen molar-refractivity contribution >= 4 is 22.3 Å². The van der Waals surface area contributed by atoms with Crippen LogP contribution in [0.5, 0.6) is 0 Å². The first-order valence-corrected chi connectivity index (χ1v) is 6.85. The van der Waals surface area contributed by atoms with Gasteiger partial charge >= 0.3 is 0 Å². The average molecular weight is 279 g/mol. The van der Waals surface area contributed by atoms with E-state index in [1.165, 1.54) is 0 Å². The van der Waals surface area contributed by atoms with E-state index in [4.69, 9.17) is 5.73 Å². The van der Waals surface area contributed by atoms with Crippen LogP contribution in [0.4, 0.5) is 11.5 Å². The summed E-state index contributed by atoms with van der Waals surface area (Å²) in [5, 5.41) is 15.6. The average Bonchev–Trinajstić information content (AvgIpc) is 2.53. The largest absolute Gasteiger partial charge is 0.399 e. The first kappa shape index (κ1) is 13.4. The molecule has 1 atom stereocenters. The SMILES string of the molecule is Nc1ccc(C(O)CNc2nccc3ccccc23)cc1. The highest BCUT2D eigenvalue weighted by Gasteiger charge is 2.08. The van der Waals surface area contributed by atoms with E-state index >= 15 is 0 Å². The van der Waals surface area contributed by atoms with Gasteiger partial charge in [0.25, 0.3) is 0 Å². The molecule has 0 radical (unpaired) electrons. The monoisotopic (exact) mass is 279 g/mol. The fraction of sp³-hybridized carbons (Fsp3) is 0.118. The highest BCUT2D eigenvalue weighted by atomic mass is 16.3. The fourth-order valence-corrected chi connectivity index (χ4v) is 2.29. The molecule has 4 N–H and O–H groups in total. The van der Waals surface area contributed by atoms with Crippen LogP contribution in [0.2, 0.25) is 0 Å². The minimum Gasteiger partial charge on any atom is -0.399 e. The molecule has 4 heteroatoms. The van der Waals surface area contributed by atoms with E-state index in [-0.39, 0.29) is 0 Å². The number of nitrogen functional groups attached to an aromatic ring is 1. The molecule has 21 heavy (non-hydrogen) atoms. The van der Waals surface area contributed by atoms with Crippen LogP contribution in [0.3, 0.4) is 0 Å². The summed E-state index contributed by atoms with van der Waals surface area (Å²) in [6.45, 7) is 0.394. The molecule has 4 nitrogen and oxygen atoms in total. The van der Waals surface area contributed by atoms with Crippen LogP contribution < -0.4 is 11.1 Å². The molecule has 0 amide bonds. The molecular weight excluding hydrogens is 262 g/mol. The normalized spacial score (nSPS) is 12.2. The van der Waals surface area contributed by atoms with Crippen molar-refractivity contribution in [1.29, 1.82) is 0 Å². The molecule has 0 aliphatic rings. The van der Waals surface area contributed by atoms with E-state index in [1.807, 2.05) is 42.5 Å². The third-order valence-electron chi connectivity index (χ3n) is 3.46. The zero-order valence-corrected chi connectivity index (χ0v) is 11.5. The predicted molar refractivity (Wildman–Crippen MR) is 86.0 cm³/mol. The number of anilines is 2. The van der Waals surface area contributed by atoms with Crippen LogP contribution in [0.1, 0.15) is 11.7 Å². The second kappa shape index (κ2) is 5.81. The number of aliphatic hydroxyl groups excluding tert-OH is 1. The fourth-order valence-electron chi connectivity index (χ4n) is 2.29. The molecule has 0 saturated carbocycles. The maximum atomic E-state index is 10.2. The van der Waals surface area contributed by atoms with Crippen molar-refractivity contribution in [2.75, 3.05) is 17.6 Å². The number of nitrogens with two attached hydrogens (primary N) is 1. The number of nitrogens with one attached hydrogen (secondary N) is 1. The van der Waals surface area contributed by atoms with Crippen LogP contribution in [-0.4, -0.2) is 16.6 Å². The Hall–Kier alpha value is -2.59. The Kier molecular flexibility index (Phi) is 3.71. The Morgan fingerprint density at radius 2 is 1.81 bits per heavy atom. The Balaban J connectivity index is 1.76. The second-order valence-corrected chi connectivity index (χ2v) is 4.94. The molecule has 0 aliphatic carbocycles. The number of nitrogens with zero attached hydrogens (tertiary/aromatic N) is 1. The van der Waals surface area contributed by atoms with Gasteiger partial charge in [-0.2, -0.15) is 0 Å². The Bertz CT molecular complexity index is 735. The molecular formula is C17H17N3O. The molecule has 2 aromatic carbocycles. The highest BCUT2D eigenvalue weighted by molar-refractivity contribution is 5.91. The number of fused-ring (bicyclic) bond motifs is 1. The molecule has 3 aromatic rings. The number of hydrogen-bond acceptors (Lipinski definition) is 4. The minimum absolute atomic E-state index is 0.394. The van der Waals surface area contributed by atoms with E-state index in [9.17, 15) is 5.11 Å². The van der Waals surface area contributed by atoms with E-state index in [2.05, 4.69) is 10.3 Å². The summed E-state index contributed by atoms with van der Waals surface area (Å²) in [4.78, 5) is 4.34. The summed E-state index contributed by atoms with van der Waals surface area (Å²) in [7, 11) is 0. The first-order valence-electron chi connectivity index (χ1n) is 6.85. The number of pyridine rings is 1. The highest BCUT2D eigenvalue weighted by Crippen LogP contribution is 2.22. The van der Waals surface area contributed by atoms with Gasteiger partial charge in [0.2, 0.25) is 0 Å². The predicted octanol–water partition coefficient (Wildman–Crippen LogP) is 2.96. The van der Waals surface area contributed by atoms with Crippen molar-refractivity contribution in [2.45, 2.75) is 6.10 Å². The lowest BCUT2D eigenvalue weighted by Gasteiger charge is -2.14. The van der Waals surface area contributed by atoms with Crippen LogP contribution in [-0.2, 0) is 0 Å². The molecule has 0 fully saturated rings. The summed E-state index contributed by atoms with van der Waals surface area (Å²) in [6.07, 6.45) is 1.16. The maximum Gasteiger partial charge on any atom is 0.133 e. The van der Waals surface area contributed by atoms with Crippen LogP contribution in [0.15, 0.2) is 60.8 Å². The molecule has 0 bridgehead atoms. The van der Waals surface area contributed by atoms with Gasteiger partial charge in [0.1, 0.15) is 5.82 Å². The molecule has 0 aliphatic heterocycles. The lowest BCUT2D eigenvalue weighted by molar-refractivity contribution is 0.191. The van der Waals surface area contributed by atoms with Gasteiger partial charge in [0.05, 0.1) is 6.10 Å². The third kappa shape index (κ3) is 2.95. The van der Waals surface area contributed by atoms with Crippen molar-refractivity contribution in [3.63, 3.8) is 0 Å².